The van der Waals surface area contributed by atoms with Gasteiger partial charge in [-0.2, -0.15) is 0 Å². The van der Waals surface area contributed by atoms with Gasteiger partial charge in [-0.25, -0.2) is 0 Å². The zero-order valence-electron chi connectivity index (χ0n) is 21.0. The highest BCUT2D eigenvalue weighted by Crippen LogP contribution is 2.31. The molecule has 0 aliphatic heterocycles. The Morgan fingerprint density at radius 2 is 1.26 bits per heavy atom. The van der Waals surface area contributed by atoms with E-state index in [1.165, 1.54) is 57.8 Å². The number of aliphatic carboxylic acids is 2. The van der Waals surface area contributed by atoms with Gasteiger partial charge in [0, 0.05) is 6.42 Å². The van der Waals surface area contributed by atoms with Gasteiger partial charge in [0.05, 0.1) is 5.92 Å². The number of carboxylic acids is 2. The number of carboxylic acid groups (broad SMARTS) is 2. The summed E-state index contributed by atoms with van der Waals surface area (Å²) in [6.07, 6.45) is 18.2. The quantitative estimate of drug-likeness (QED) is 0.166. The minimum absolute atomic E-state index is 0.185. The molecule has 0 amide bonds. The Morgan fingerprint density at radius 3 is 1.71 bits per heavy atom. The summed E-state index contributed by atoms with van der Waals surface area (Å²) in [6.45, 7) is 8.92. The van der Waals surface area contributed by atoms with Gasteiger partial charge in [-0.1, -0.05) is 111 Å². The first-order chi connectivity index (χ1) is 14.8. The molecule has 0 saturated heterocycles. The molecule has 0 aromatic heterocycles. The maximum absolute atomic E-state index is 11.9. The van der Waals surface area contributed by atoms with Crippen molar-refractivity contribution < 1.29 is 19.8 Å². The molecule has 2 N–H and O–H groups in total. The van der Waals surface area contributed by atoms with E-state index in [4.69, 9.17) is 5.11 Å². The predicted molar refractivity (Wildman–Crippen MR) is 130 cm³/mol. The molecule has 3 atom stereocenters. The first-order valence-electron chi connectivity index (χ1n) is 13.3. The van der Waals surface area contributed by atoms with Crippen molar-refractivity contribution in [1.82, 2.24) is 0 Å². The second-order valence-corrected chi connectivity index (χ2v) is 10.0. The first-order valence-corrected chi connectivity index (χ1v) is 13.3. The summed E-state index contributed by atoms with van der Waals surface area (Å²) in [7, 11) is 0. The van der Waals surface area contributed by atoms with Crippen molar-refractivity contribution in [2.45, 2.75) is 137 Å². The number of rotatable bonds is 22. The highest BCUT2D eigenvalue weighted by atomic mass is 16.4. The summed E-state index contributed by atoms with van der Waals surface area (Å²) in [5, 5.41) is 18.5. The molecule has 3 unspecified atom stereocenters. The Bertz CT molecular complexity index is 447. The molecule has 31 heavy (non-hydrogen) atoms. The molecular formula is C27H52O4. The van der Waals surface area contributed by atoms with Crippen LogP contribution in [0.5, 0.6) is 0 Å². The molecule has 184 valence electrons. The largest absolute Gasteiger partial charge is 0.481 e. The number of unbranched alkanes of at least 4 members (excludes halogenated alkanes) is 9. The number of carbonyl (C=O) groups is 2. The van der Waals surface area contributed by atoms with Gasteiger partial charge in [-0.05, 0) is 37.0 Å². The average molecular weight is 441 g/mol. The lowest BCUT2D eigenvalue weighted by atomic mass is 9.78. The summed E-state index contributed by atoms with van der Waals surface area (Å²) in [5.74, 6) is 0.149. The third kappa shape index (κ3) is 17.2. The lowest BCUT2D eigenvalue weighted by molar-refractivity contribution is -0.143. The van der Waals surface area contributed by atoms with Gasteiger partial charge in [0.25, 0.3) is 0 Å². The van der Waals surface area contributed by atoms with Gasteiger partial charge in [0.1, 0.15) is 0 Å². The first kappa shape index (κ1) is 29.9. The summed E-state index contributed by atoms with van der Waals surface area (Å²) in [5.41, 5.74) is 0. The van der Waals surface area contributed by atoms with Gasteiger partial charge < -0.3 is 10.2 Å². The van der Waals surface area contributed by atoms with Crippen molar-refractivity contribution in [1.29, 1.82) is 0 Å². The number of hydrogen-bond acceptors (Lipinski definition) is 2. The van der Waals surface area contributed by atoms with Gasteiger partial charge in [-0.15, -0.1) is 0 Å². The van der Waals surface area contributed by atoms with Crippen molar-refractivity contribution in [3.8, 4) is 0 Å². The lowest BCUT2D eigenvalue weighted by Gasteiger charge is -2.27. The Morgan fingerprint density at radius 1 is 0.710 bits per heavy atom. The van der Waals surface area contributed by atoms with E-state index >= 15 is 0 Å². The van der Waals surface area contributed by atoms with E-state index in [1.54, 1.807) is 0 Å². The Labute approximate surface area is 192 Å². The zero-order valence-corrected chi connectivity index (χ0v) is 21.0. The molecule has 0 spiro atoms. The van der Waals surface area contributed by atoms with Crippen LogP contribution in [0.3, 0.4) is 0 Å². The average Bonchev–Trinajstić information content (AvgIpc) is 2.72. The van der Waals surface area contributed by atoms with Crippen LogP contribution in [0.1, 0.15) is 137 Å². The summed E-state index contributed by atoms with van der Waals surface area (Å²) in [4.78, 5) is 22.4. The molecule has 0 radical (unpaired) electrons. The van der Waals surface area contributed by atoms with E-state index in [0.29, 0.717) is 24.2 Å². The number of hydrogen-bond donors (Lipinski definition) is 2. The molecule has 0 aliphatic carbocycles. The van der Waals surface area contributed by atoms with Crippen LogP contribution in [0.4, 0.5) is 0 Å². The maximum atomic E-state index is 11.9. The van der Waals surface area contributed by atoms with Gasteiger partial charge in [0.15, 0.2) is 0 Å². The van der Waals surface area contributed by atoms with Gasteiger partial charge >= 0.3 is 11.9 Å². The Kier molecular flexibility index (Phi) is 18.9. The minimum Gasteiger partial charge on any atom is -0.481 e. The fraction of sp³-hybridized carbons (Fsp3) is 0.926. The summed E-state index contributed by atoms with van der Waals surface area (Å²) < 4.78 is 0. The fourth-order valence-corrected chi connectivity index (χ4v) is 4.69. The van der Waals surface area contributed by atoms with Crippen LogP contribution in [0.2, 0.25) is 0 Å². The Balaban J connectivity index is 4.12. The monoisotopic (exact) mass is 440 g/mol. The summed E-state index contributed by atoms with van der Waals surface area (Å²) in [6, 6.07) is 0. The van der Waals surface area contributed by atoms with Crippen LogP contribution in [0.25, 0.3) is 0 Å². The molecule has 0 fully saturated rings. The molecule has 0 aromatic carbocycles. The normalized spacial score (nSPS) is 14.5. The van der Waals surface area contributed by atoms with Crippen molar-refractivity contribution in [3.05, 3.63) is 0 Å². The van der Waals surface area contributed by atoms with E-state index in [-0.39, 0.29) is 5.92 Å². The van der Waals surface area contributed by atoms with Crippen molar-refractivity contribution in [3.63, 3.8) is 0 Å². The molecule has 0 heterocycles. The van der Waals surface area contributed by atoms with Crippen molar-refractivity contribution >= 4 is 11.9 Å². The molecular weight excluding hydrogens is 388 g/mol. The third-order valence-electron chi connectivity index (χ3n) is 7.01. The molecule has 0 aromatic rings. The second kappa shape index (κ2) is 19.6. The van der Waals surface area contributed by atoms with E-state index in [2.05, 4.69) is 27.7 Å². The van der Waals surface area contributed by atoms with Gasteiger partial charge in [-0.3, -0.25) is 9.59 Å². The van der Waals surface area contributed by atoms with Crippen molar-refractivity contribution in [2.75, 3.05) is 0 Å². The van der Waals surface area contributed by atoms with E-state index in [0.717, 1.165) is 44.9 Å². The molecule has 0 rings (SSSR count). The van der Waals surface area contributed by atoms with E-state index in [1.807, 2.05) is 0 Å². The lowest BCUT2D eigenvalue weighted by Crippen LogP contribution is -2.23. The molecule has 4 nitrogen and oxygen atoms in total. The third-order valence-corrected chi connectivity index (χ3v) is 7.01. The Hall–Kier alpha value is -1.06. The molecule has 0 aliphatic rings. The highest BCUT2D eigenvalue weighted by molar-refractivity contribution is 5.70. The zero-order chi connectivity index (χ0) is 23.5. The second-order valence-electron chi connectivity index (χ2n) is 10.0. The summed E-state index contributed by atoms with van der Waals surface area (Å²) >= 11 is 0. The van der Waals surface area contributed by atoms with Gasteiger partial charge in [0.2, 0.25) is 0 Å². The van der Waals surface area contributed by atoms with Crippen LogP contribution in [-0.4, -0.2) is 22.2 Å². The van der Waals surface area contributed by atoms with E-state index in [9.17, 15) is 14.7 Å². The SMILES string of the molecule is CCCCC(CC)CC(CC(CCCCCCCCCCCC(=O)O)C(C)C)C(=O)O. The minimum atomic E-state index is -0.684. The van der Waals surface area contributed by atoms with Crippen LogP contribution in [0, 0.1) is 23.7 Å². The van der Waals surface area contributed by atoms with Crippen LogP contribution in [-0.2, 0) is 9.59 Å². The van der Waals surface area contributed by atoms with E-state index < -0.39 is 11.9 Å². The molecule has 0 saturated carbocycles. The highest BCUT2D eigenvalue weighted by Gasteiger charge is 2.26. The van der Waals surface area contributed by atoms with Crippen molar-refractivity contribution in [2.24, 2.45) is 23.7 Å². The van der Waals surface area contributed by atoms with Crippen LogP contribution >= 0.6 is 0 Å². The topological polar surface area (TPSA) is 74.6 Å². The molecule has 4 heteroatoms. The van der Waals surface area contributed by atoms with Crippen LogP contribution < -0.4 is 0 Å². The van der Waals surface area contributed by atoms with Crippen LogP contribution in [0.15, 0.2) is 0 Å². The maximum Gasteiger partial charge on any atom is 0.306 e. The molecule has 0 bridgehead atoms. The fourth-order valence-electron chi connectivity index (χ4n) is 4.69. The predicted octanol–water partition coefficient (Wildman–Crippen LogP) is 8.33. The smallest absolute Gasteiger partial charge is 0.306 e. The standard InChI is InChI=1S/C27H52O4/c1-5-7-17-23(6-2)20-25(27(30)31)21-24(22(3)4)18-15-13-11-9-8-10-12-14-16-19-26(28)29/h22-25H,5-21H2,1-4H3,(H,28,29)(H,30,31).